The number of aromatic nitrogens is 1. The quantitative estimate of drug-likeness (QED) is 0.648. The highest BCUT2D eigenvalue weighted by Gasteiger charge is 2.07. The molecule has 0 amide bonds. The number of aliphatic imine (C=N–C) groups is 1. The minimum atomic E-state index is 0.0862. The number of benzene rings is 2. The number of hydrogen-bond donors (Lipinski definition) is 2. The molecule has 1 heterocycles. The van der Waals surface area contributed by atoms with Crippen LogP contribution in [0.15, 0.2) is 47.5 Å². The van der Waals surface area contributed by atoms with Gasteiger partial charge >= 0.3 is 0 Å². The van der Waals surface area contributed by atoms with Crippen LogP contribution in [0.5, 0.6) is 5.88 Å². The fourth-order valence-corrected chi connectivity index (χ4v) is 2.55. The maximum atomic E-state index is 9.92. The summed E-state index contributed by atoms with van der Waals surface area (Å²) >= 11 is 11.8. The SMILES string of the molecule is Oc1[nH]c2ccccc2c1C=Nc1cc(Cl)cc(Cl)c1. The molecule has 0 aliphatic carbocycles. The van der Waals surface area contributed by atoms with Crippen molar-refractivity contribution in [1.82, 2.24) is 4.98 Å². The molecule has 5 heteroatoms. The van der Waals surface area contributed by atoms with Crippen LogP contribution < -0.4 is 0 Å². The van der Waals surface area contributed by atoms with Gasteiger partial charge in [-0.05, 0) is 24.3 Å². The Morgan fingerprint density at radius 2 is 1.75 bits per heavy atom. The van der Waals surface area contributed by atoms with E-state index >= 15 is 0 Å². The number of aromatic hydroxyl groups is 1. The number of nitrogens with one attached hydrogen (secondary N) is 1. The summed E-state index contributed by atoms with van der Waals surface area (Å²) in [5.41, 5.74) is 2.12. The third kappa shape index (κ3) is 2.50. The first-order valence-corrected chi connectivity index (χ1v) is 6.69. The lowest BCUT2D eigenvalue weighted by Crippen LogP contribution is -1.79. The van der Waals surface area contributed by atoms with Crippen LogP contribution in [0.1, 0.15) is 5.56 Å². The van der Waals surface area contributed by atoms with Gasteiger partial charge in [-0.2, -0.15) is 0 Å². The maximum absolute atomic E-state index is 9.92. The van der Waals surface area contributed by atoms with E-state index in [0.717, 1.165) is 10.9 Å². The molecule has 3 nitrogen and oxygen atoms in total. The first-order valence-electron chi connectivity index (χ1n) is 5.93. The summed E-state index contributed by atoms with van der Waals surface area (Å²) < 4.78 is 0. The van der Waals surface area contributed by atoms with E-state index in [4.69, 9.17) is 23.2 Å². The van der Waals surface area contributed by atoms with Crippen molar-refractivity contribution in [3.63, 3.8) is 0 Å². The molecule has 0 saturated carbocycles. The fourth-order valence-electron chi connectivity index (χ4n) is 2.03. The summed E-state index contributed by atoms with van der Waals surface area (Å²) in [6, 6.07) is 12.7. The van der Waals surface area contributed by atoms with Gasteiger partial charge in [0.25, 0.3) is 0 Å². The molecule has 0 bridgehead atoms. The van der Waals surface area contributed by atoms with Crippen LogP contribution in [0, 0.1) is 0 Å². The van der Waals surface area contributed by atoms with E-state index in [2.05, 4.69) is 9.98 Å². The molecule has 0 aliphatic heterocycles. The predicted molar refractivity (Wildman–Crippen MR) is 83.7 cm³/mol. The minimum absolute atomic E-state index is 0.0862. The van der Waals surface area contributed by atoms with Crippen molar-refractivity contribution in [2.24, 2.45) is 4.99 Å². The molecule has 2 aromatic carbocycles. The van der Waals surface area contributed by atoms with Gasteiger partial charge in [0.05, 0.1) is 11.3 Å². The van der Waals surface area contributed by atoms with Crippen molar-refractivity contribution in [1.29, 1.82) is 0 Å². The average molecular weight is 305 g/mol. The van der Waals surface area contributed by atoms with E-state index in [-0.39, 0.29) is 5.88 Å². The van der Waals surface area contributed by atoms with Crippen molar-refractivity contribution in [3.05, 3.63) is 58.1 Å². The highest BCUT2D eigenvalue weighted by molar-refractivity contribution is 6.35. The molecular weight excluding hydrogens is 295 g/mol. The Morgan fingerprint density at radius 1 is 1.05 bits per heavy atom. The Balaban J connectivity index is 2.04. The van der Waals surface area contributed by atoms with Gasteiger partial charge in [0.1, 0.15) is 0 Å². The van der Waals surface area contributed by atoms with Crippen LogP contribution >= 0.6 is 23.2 Å². The lowest BCUT2D eigenvalue weighted by Gasteiger charge is -1.97. The molecule has 0 unspecified atom stereocenters. The van der Waals surface area contributed by atoms with Crippen LogP contribution in [-0.2, 0) is 0 Å². The number of aromatic amines is 1. The topological polar surface area (TPSA) is 48.4 Å². The summed E-state index contributed by atoms with van der Waals surface area (Å²) in [6.45, 7) is 0. The van der Waals surface area contributed by atoms with E-state index < -0.39 is 0 Å². The van der Waals surface area contributed by atoms with Crippen molar-refractivity contribution >= 4 is 46.0 Å². The lowest BCUT2D eigenvalue weighted by atomic mass is 10.2. The first kappa shape index (κ1) is 13.0. The highest BCUT2D eigenvalue weighted by atomic mass is 35.5. The Morgan fingerprint density at radius 3 is 2.50 bits per heavy atom. The molecule has 0 aliphatic rings. The van der Waals surface area contributed by atoms with Crippen molar-refractivity contribution in [2.75, 3.05) is 0 Å². The molecule has 0 spiro atoms. The zero-order valence-electron chi connectivity index (χ0n) is 10.3. The lowest BCUT2D eigenvalue weighted by molar-refractivity contribution is 0.457. The zero-order valence-corrected chi connectivity index (χ0v) is 11.8. The Bertz CT molecular complexity index is 788. The van der Waals surface area contributed by atoms with Gasteiger partial charge < -0.3 is 10.1 Å². The van der Waals surface area contributed by atoms with Crippen LogP contribution in [0.2, 0.25) is 10.0 Å². The number of rotatable bonds is 2. The van der Waals surface area contributed by atoms with Gasteiger partial charge in [0.15, 0.2) is 5.88 Å². The molecule has 3 aromatic rings. The van der Waals surface area contributed by atoms with E-state index in [0.29, 0.717) is 21.3 Å². The highest BCUT2D eigenvalue weighted by Crippen LogP contribution is 2.28. The molecule has 0 radical (unpaired) electrons. The van der Waals surface area contributed by atoms with E-state index in [1.165, 1.54) is 0 Å². The third-order valence-electron chi connectivity index (χ3n) is 2.92. The van der Waals surface area contributed by atoms with E-state index in [1.54, 1.807) is 24.4 Å². The van der Waals surface area contributed by atoms with Gasteiger partial charge in [-0.1, -0.05) is 41.4 Å². The third-order valence-corrected chi connectivity index (χ3v) is 3.35. The molecule has 3 rings (SSSR count). The Kier molecular flexibility index (Phi) is 3.38. The molecule has 2 N–H and O–H groups in total. The molecule has 0 atom stereocenters. The number of nitrogens with zero attached hydrogens (tertiary/aromatic N) is 1. The fraction of sp³-hybridized carbons (Fsp3) is 0. The molecule has 100 valence electrons. The van der Waals surface area contributed by atoms with Crippen LogP contribution in [-0.4, -0.2) is 16.3 Å². The second kappa shape index (κ2) is 5.19. The molecule has 20 heavy (non-hydrogen) atoms. The first-order chi connectivity index (χ1) is 9.63. The normalized spacial score (nSPS) is 11.5. The monoisotopic (exact) mass is 304 g/mol. The van der Waals surface area contributed by atoms with Crippen LogP contribution in [0.25, 0.3) is 10.9 Å². The maximum Gasteiger partial charge on any atom is 0.198 e. The summed E-state index contributed by atoms with van der Waals surface area (Å²) in [5, 5.41) is 11.9. The summed E-state index contributed by atoms with van der Waals surface area (Å²) in [6.07, 6.45) is 1.59. The summed E-state index contributed by atoms with van der Waals surface area (Å²) in [5.74, 6) is 0.0862. The largest absolute Gasteiger partial charge is 0.494 e. The number of H-pyrrole nitrogens is 1. The minimum Gasteiger partial charge on any atom is -0.494 e. The predicted octanol–water partition coefficient (Wildman–Crippen LogP) is 4.93. The van der Waals surface area contributed by atoms with Crippen molar-refractivity contribution in [3.8, 4) is 5.88 Å². The van der Waals surface area contributed by atoms with Gasteiger partial charge in [0.2, 0.25) is 0 Å². The van der Waals surface area contributed by atoms with Gasteiger partial charge in [-0.3, -0.25) is 4.99 Å². The van der Waals surface area contributed by atoms with Crippen LogP contribution in [0.3, 0.4) is 0 Å². The van der Waals surface area contributed by atoms with E-state index in [9.17, 15) is 5.11 Å². The van der Waals surface area contributed by atoms with Crippen LogP contribution in [0.4, 0.5) is 5.69 Å². The summed E-state index contributed by atoms with van der Waals surface area (Å²) in [7, 11) is 0. The molecule has 1 aromatic heterocycles. The molecule has 0 fully saturated rings. The van der Waals surface area contributed by atoms with Crippen molar-refractivity contribution in [2.45, 2.75) is 0 Å². The number of hydrogen-bond acceptors (Lipinski definition) is 2. The number of halogens is 2. The van der Waals surface area contributed by atoms with Crippen molar-refractivity contribution < 1.29 is 5.11 Å². The average Bonchev–Trinajstić information content (AvgIpc) is 2.71. The number of fused-ring (bicyclic) bond motifs is 1. The van der Waals surface area contributed by atoms with Gasteiger partial charge in [-0.25, -0.2) is 0 Å². The molecule has 0 saturated heterocycles. The summed E-state index contributed by atoms with van der Waals surface area (Å²) in [4.78, 5) is 7.21. The second-order valence-corrected chi connectivity index (χ2v) is 5.19. The molecular formula is C15H10Cl2N2O. The second-order valence-electron chi connectivity index (χ2n) is 4.32. The zero-order chi connectivity index (χ0) is 14.1. The number of para-hydroxylation sites is 1. The Labute approximate surface area is 125 Å². The van der Waals surface area contributed by atoms with Gasteiger partial charge in [0, 0.05) is 27.2 Å². The smallest absolute Gasteiger partial charge is 0.198 e. The Hall–Kier alpha value is -1.97. The van der Waals surface area contributed by atoms with Gasteiger partial charge in [-0.15, -0.1) is 0 Å². The van der Waals surface area contributed by atoms with E-state index in [1.807, 2.05) is 24.3 Å². The standard InChI is InChI=1S/C15H10Cl2N2O/c16-9-5-10(17)7-11(6-9)18-8-13-12-3-1-2-4-14(12)19-15(13)20/h1-8,19-20H.